The molecule has 12 heteroatoms. The number of rotatable bonds is 3. The number of aromatic nitrogens is 2. The van der Waals surface area contributed by atoms with Crippen molar-refractivity contribution in [1.29, 1.82) is 0 Å². The number of hydrazine groups is 1. The highest BCUT2D eigenvalue weighted by Crippen LogP contribution is 2.51. The Hall–Kier alpha value is -2.12. The zero-order chi connectivity index (χ0) is 26.0. The number of piperidine rings is 1. The molecule has 0 aliphatic carbocycles. The molecule has 6 heterocycles. The average molecular weight is 529 g/mol. The predicted octanol–water partition coefficient (Wildman–Crippen LogP) is 1.62. The lowest BCUT2D eigenvalue weighted by molar-refractivity contribution is -0.0889. The van der Waals surface area contributed by atoms with Crippen LogP contribution in [0.15, 0.2) is 27.7 Å². The third-order valence-corrected chi connectivity index (χ3v) is 8.77. The van der Waals surface area contributed by atoms with Crippen LogP contribution in [-0.4, -0.2) is 87.4 Å². The number of nitrogens with one attached hydrogen (secondary N) is 3. The van der Waals surface area contributed by atoms with E-state index in [9.17, 15) is 4.21 Å². The van der Waals surface area contributed by atoms with Gasteiger partial charge in [0, 0.05) is 58.4 Å². The van der Waals surface area contributed by atoms with E-state index in [1.807, 2.05) is 24.8 Å². The number of amidine groups is 1. The van der Waals surface area contributed by atoms with Crippen LogP contribution in [0.2, 0.25) is 0 Å². The summed E-state index contributed by atoms with van der Waals surface area (Å²) in [6.07, 6.45) is 13.9. The molecule has 0 saturated carbocycles. The number of aliphatic imine (C=N–C) groups is 1. The van der Waals surface area contributed by atoms with Crippen LogP contribution >= 0.6 is 0 Å². The zero-order valence-electron chi connectivity index (χ0n) is 22.3. The first-order valence-electron chi connectivity index (χ1n) is 13.1. The molecule has 0 spiro atoms. The maximum absolute atomic E-state index is 12.4. The minimum atomic E-state index is -2.30. The summed E-state index contributed by atoms with van der Waals surface area (Å²) >= 11 is 0. The molecule has 3 unspecified atom stereocenters. The summed E-state index contributed by atoms with van der Waals surface area (Å²) in [5.41, 5.74) is 3.92. The van der Waals surface area contributed by atoms with Gasteiger partial charge in [-0.15, -0.1) is 0 Å². The summed E-state index contributed by atoms with van der Waals surface area (Å²) in [6, 6.07) is 0.351. The van der Waals surface area contributed by atoms with Crippen LogP contribution in [-0.2, 0) is 19.9 Å². The van der Waals surface area contributed by atoms with E-state index in [0.29, 0.717) is 18.7 Å². The van der Waals surface area contributed by atoms with Gasteiger partial charge in [-0.1, -0.05) is 13.0 Å². The number of dihydropyridines is 1. The van der Waals surface area contributed by atoms with Crippen molar-refractivity contribution < 1.29 is 8.95 Å². The molecule has 11 nitrogen and oxygen atoms in total. The van der Waals surface area contributed by atoms with Crippen molar-refractivity contribution in [3.05, 3.63) is 30.3 Å². The van der Waals surface area contributed by atoms with Gasteiger partial charge in [0.25, 0.3) is 0 Å². The number of ether oxygens (including phenoxy) is 1. The molecule has 5 atom stereocenters. The van der Waals surface area contributed by atoms with E-state index in [1.54, 1.807) is 12.5 Å². The zero-order valence-corrected chi connectivity index (χ0v) is 23.1. The van der Waals surface area contributed by atoms with Gasteiger partial charge in [-0.2, -0.15) is 4.98 Å². The van der Waals surface area contributed by atoms with Gasteiger partial charge >= 0.3 is 0 Å². The van der Waals surface area contributed by atoms with Gasteiger partial charge in [0.15, 0.2) is 6.17 Å². The maximum Gasteiger partial charge on any atom is 0.224 e. The molecule has 3 fully saturated rings. The number of anilines is 2. The molecule has 0 bridgehead atoms. The highest BCUT2D eigenvalue weighted by molar-refractivity contribution is 7.92. The molecule has 6 rings (SSSR count). The number of hydrogen-bond donors (Lipinski definition) is 3. The Morgan fingerprint density at radius 1 is 1.27 bits per heavy atom. The summed E-state index contributed by atoms with van der Waals surface area (Å²) in [4.78, 5) is 17.0. The summed E-state index contributed by atoms with van der Waals surface area (Å²) in [5, 5.41) is 9.31. The SMILES string of the molecule is CC1(C)C[C@H]2N(C3=NC(N=S(C)(C)=O)C=C[CH]3)c3nc(NC4CCC5NCNN5C4)ncc3[C@@]2(C)CO1. The molecule has 0 amide bonds. The van der Waals surface area contributed by atoms with Crippen molar-refractivity contribution in [2.45, 2.75) is 75.5 Å². The summed E-state index contributed by atoms with van der Waals surface area (Å²) < 4.78 is 23.2. The molecule has 3 N–H and O–H groups in total. The Labute approximate surface area is 219 Å². The van der Waals surface area contributed by atoms with E-state index >= 15 is 0 Å². The number of hydrogen-bond acceptors (Lipinski definition) is 11. The fourth-order valence-corrected chi connectivity index (χ4v) is 6.75. The lowest BCUT2D eigenvalue weighted by Gasteiger charge is -2.46. The molecule has 1 radical (unpaired) electrons. The van der Waals surface area contributed by atoms with Crippen LogP contribution in [0.5, 0.6) is 0 Å². The third kappa shape index (κ3) is 4.78. The van der Waals surface area contributed by atoms with Crippen LogP contribution < -0.4 is 21.0 Å². The second-order valence-corrected chi connectivity index (χ2v) is 14.4. The van der Waals surface area contributed by atoms with Crippen LogP contribution in [0, 0.1) is 6.42 Å². The van der Waals surface area contributed by atoms with E-state index in [0.717, 1.165) is 49.7 Å². The second-order valence-electron chi connectivity index (χ2n) is 11.9. The van der Waals surface area contributed by atoms with Gasteiger partial charge in [-0.05, 0) is 39.2 Å². The maximum atomic E-state index is 12.4. The molecule has 37 heavy (non-hydrogen) atoms. The molecular formula is C25H38N9O2S. The van der Waals surface area contributed by atoms with Crippen LogP contribution in [0.4, 0.5) is 11.8 Å². The molecule has 3 saturated heterocycles. The van der Waals surface area contributed by atoms with E-state index in [-0.39, 0.29) is 23.1 Å². The molecule has 5 aliphatic rings. The Morgan fingerprint density at radius 3 is 2.92 bits per heavy atom. The van der Waals surface area contributed by atoms with Crippen LogP contribution in [0.1, 0.15) is 45.6 Å². The van der Waals surface area contributed by atoms with Crippen LogP contribution in [0.3, 0.4) is 0 Å². The topological polar surface area (TPSA) is 119 Å². The summed E-state index contributed by atoms with van der Waals surface area (Å²) in [6.45, 7) is 8.78. The van der Waals surface area contributed by atoms with Gasteiger partial charge in [-0.25, -0.2) is 24.8 Å². The van der Waals surface area contributed by atoms with Crippen molar-refractivity contribution in [1.82, 2.24) is 25.7 Å². The second kappa shape index (κ2) is 8.98. The first kappa shape index (κ1) is 25.2. The summed E-state index contributed by atoms with van der Waals surface area (Å²) in [7, 11) is -2.30. The lowest BCUT2D eigenvalue weighted by atomic mass is 9.73. The molecule has 201 valence electrons. The van der Waals surface area contributed by atoms with Gasteiger partial charge in [0.1, 0.15) is 11.7 Å². The fourth-order valence-electron chi connectivity index (χ4n) is 6.12. The monoisotopic (exact) mass is 528 g/mol. The minimum Gasteiger partial charge on any atom is -0.374 e. The van der Waals surface area contributed by atoms with E-state index < -0.39 is 15.9 Å². The smallest absolute Gasteiger partial charge is 0.224 e. The molecule has 1 aromatic rings. The molecule has 5 aliphatic heterocycles. The Bertz CT molecular complexity index is 1250. The highest BCUT2D eigenvalue weighted by atomic mass is 32.2. The minimum absolute atomic E-state index is 0.0980. The predicted molar refractivity (Wildman–Crippen MR) is 146 cm³/mol. The van der Waals surface area contributed by atoms with Gasteiger partial charge < -0.3 is 15.0 Å². The molecule has 1 aromatic heterocycles. The first-order valence-corrected chi connectivity index (χ1v) is 15.4. The third-order valence-electron chi connectivity index (χ3n) is 8.04. The van der Waals surface area contributed by atoms with Gasteiger partial charge in [-0.3, -0.25) is 9.53 Å². The van der Waals surface area contributed by atoms with Crippen molar-refractivity contribution in [2.75, 3.05) is 42.5 Å². The largest absolute Gasteiger partial charge is 0.374 e. The standard InChI is InChI=1S/C25H38N9O2S/c1-24(2)11-18-25(3,14-36-24)17-12-26-23(29-16-9-10-20-27-15-28-33(20)13-16)31-22(17)34(18)21-8-6-7-19(30-21)32-37(4,5)35/h6-8,12,16,18-20,27-28H,9-11,13-15H2,1-5H3,(H,26,29,31)/t16?,18-,19?,20?,25-/m1/s1. The fraction of sp³-hybridized carbons (Fsp3) is 0.680. The molecule has 0 aromatic carbocycles. The van der Waals surface area contributed by atoms with Crippen molar-refractivity contribution >= 4 is 27.3 Å². The normalized spacial score (nSPS) is 34.9. The Morgan fingerprint density at radius 2 is 2.11 bits per heavy atom. The first-order chi connectivity index (χ1) is 17.5. The average Bonchev–Trinajstić information content (AvgIpc) is 3.38. The number of fused-ring (bicyclic) bond motifs is 4. The lowest BCUT2D eigenvalue weighted by Crippen LogP contribution is -2.56. The van der Waals surface area contributed by atoms with E-state index in [1.165, 1.54) is 0 Å². The highest BCUT2D eigenvalue weighted by Gasteiger charge is 2.55. The number of nitrogens with zero attached hydrogens (tertiary/aromatic N) is 6. The Kier molecular flexibility index (Phi) is 6.11. The van der Waals surface area contributed by atoms with Crippen molar-refractivity contribution in [2.24, 2.45) is 9.36 Å². The van der Waals surface area contributed by atoms with E-state index in [2.05, 4.69) is 51.1 Å². The van der Waals surface area contributed by atoms with Crippen molar-refractivity contribution in [3.63, 3.8) is 0 Å². The Balaban J connectivity index is 1.35. The quantitative estimate of drug-likeness (QED) is 0.538. The van der Waals surface area contributed by atoms with Gasteiger partial charge in [0.05, 0.1) is 31.1 Å². The summed E-state index contributed by atoms with van der Waals surface area (Å²) in [5.74, 6) is 2.27. The molecular weight excluding hydrogens is 490 g/mol. The van der Waals surface area contributed by atoms with Crippen molar-refractivity contribution in [3.8, 4) is 0 Å². The van der Waals surface area contributed by atoms with Gasteiger partial charge in [0.2, 0.25) is 5.95 Å². The van der Waals surface area contributed by atoms with Crippen LogP contribution in [0.25, 0.3) is 0 Å². The van der Waals surface area contributed by atoms with E-state index in [4.69, 9.17) is 19.7 Å².